The molecule has 0 amide bonds. The third kappa shape index (κ3) is 2.39. The maximum Gasteiger partial charge on any atom is 0.100 e. The van der Waals surface area contributed by atoms with Gasteiger partial charge in [0.05, 0.1) is 20.1 Å². The maximum absolute atomic E-state index is 2.60. The molecule has 1 saturated carbocycles. The molecule has 1 nitrogen and oxygen atoms in total. The first-order valence-electron chi connectivity index (χ1n) is 7.54. The van der Waals surface area contributed by atoms with Crippen molar-refractivity contribution in [3.8, 4) is 0 Å². The first-order valence-corrected chi connectivity index (χ1v) is 7.54. The second-order valence-corrected chi connectivity index (χ2v) is 7.61. The Hall–Kier alpha value is 0.430. The summed E-state index contributed by atoms with van der Waals surface area (Å²) in [4.78, 5) is 0. The fraction of sp³-hybridized carbons (Fsp3) is 0.875. The zero-order chi connectivity index (χ0) is 12.1. The van der Waals surface area contributed by atoms with E-state index in [0.717, 1.165) is 11.8 Å². The van der Waals surface area contributed by atoms with Gasteiger partial charge in [-0.25, -0.2) is 0 Å². The zero-order valence-corrected chi connectivity index (χ0v) is 14.4. The largest absolute Gasteiger partial charge is 1.00 e. The maximum atomic E-state index is 2.60. The molecule has 0 radical (unpaired) electrons. The van der Waals surface area contributed by atoms with Gasteiger partial charge in [0.15, 0.2) is 0 Å². The van der Waals surface area contributed by atoms with E-state index in [0.29, 0.717) is 5.41 Å². The van der Waals surface area contributed by atoms with Crippen LogP contribution in [0.3, 0.4) is 0 Å². The molecule has 2 heteroatoms. The molecule has 104 valence electrons. The number of nitrogens with zero attached hydrogens (tertiary/aromatic N) is 1. The Morgan fingerprint density at radius 3 is 2.44 bits per heavy atom. The van der Waals surface area contributed by atoms with Gasteiger partial charge in [0.25, 0.3) is 0 Å². The Morgan fingerprint density at radius 1 is 1.22 bits per heavy atom. The van der Waals surface area contributed by atoms with Gasteiger partial charge in [-0.1, -0.05) is 19.9 Å². The Labute approximate surface area is 130 Å². The minimum atomic E-state index is 0. The number of quaternary nitrogens is 1. The minimum Gasteiger partial charge on any atom is -1.00 e. The molecule has 0 aromatic carbocycles. The minimum absolute atomic E-state index is 0. The van der Waals surface area contributed by atoms with E-state index in [2.05, 4.69) is 27.0 Å². The third-order valence-corrected chi connectivity index (χ3v) is 6.04. The molecule has 0 aromatic rings. The molecule has 0 N–H and O–H groups in total. The van der Waals surface area contributed by atoms with Crippen molar-refractivity contribution >= 4 is 0 Å². The van der Waals surface area contributed by atoms with Gasteiger partial charge in [0, 0.05) is 0 Å². The highest BCUT2D eigenvalue weighted by Crippen LogP contribution is 2.59. The third-order valence-electron chi connectivity index (χ3n) is 6.04. The zero-order valence-electron chi connectivity index (χ0n) is 12.2. The van der Waals surface area contributed by atoms with E-state index in [1.165, 1.54) is 56.2 Å². The molecular weight excluding hydrogens is 333 g/mol. The molecular formula is C16H28IN. The van der Waals surface area contributed by atoms with Gasteiger partial charge in [0.1, 0.15) is 6.54 Å². The number of hydrogen-bond donors (Lipinski definition) is 0. The molecule has 2 bridgehead atoms. The SMILES string of the molecule is CC1(C)C2CC=C(C[N+]3(C)CCCCC3)C1C2.[I-]. The predicted octanol–water partition coefficient (Wildman–Crippen LogP) is 0.613. The normalized spacial score (nSPS) is 36.1. The van der Waals surface area contributed by atoms with Crippen molar-refractivity contribution in [1.82, 2.24) is 0 Å². The summed E-state index contributed by atoms with van der Waals surface area (Å²) in [6.45, 7) is 9.16. The molecule has 2 atom stereocenters. The van der Waals surface area contributed by atoms with Gasteiger partial charge >= 0.3 is 0 Å². The predicted molar refractivity (Wildman–Crippen MR) is 72.7 cm³/mol. The second kappa shape index (κ2) is 5.08. The standard InChI is InChI=1S/C16H28N.HI/c1-16(2)14-8-7-13(15(16)11-14)12-17(3)9-5-4-6-10-17;/h7,14-15H,4-6,8-12H2,1-3H3;1H/q+1;/p-1. The highest BCUT2D eigenvalue weighted by molar-refractivity contribution is 5.23. The van der Waals surface area contributed by atoms with Crippen molar-refractivity contribution in [2.75, 3.05) is 26.7 Å². The Kier molecular flexibility index (Phi) is 4.19. The summed E-state index contributed by atoms with van der Waals surface area (Å²) in [6.07, 6.45) is 9.80. The van der Waals surface area contributed by atoms with Crippen molar-refractivity contribution in [2.24, 2.45) is 17.3 Å². The molecule has 1 saturated heterocycles. The Morgan fingerprint density at radius 2 is 1.89 bits per heavy atom. The van der Waals surface area contributed by atoms with Crippen molar-refractivity contribution in [3.05, 3.63) is 11.6 Å². The van der Waals surface area contributed by atoms with Crippen LogP contribution in [0.15, 0.2) is 11.6 Å². The quantitative estimate of drug-likeness (QED) is 0.384. The van der Waals surface area contributed by atoms with Gasteiger partial charge in [-0.2, -0.15) is 0 Å². The molecule has 18 heavy (non-hydrogen) atoms. The van der Waals surface area contributed by atoms with E-state index >= 15 is 0 Å². The number of halogens is 1. The summed E-state index contributed by atoms with van der Waals surface area (Å²) in [6, 6.07) is 0. The van der Waals surface area contributed by atoms with E-state index in [-0.39, 0.29) is 24.0 Å². The van der Waals surface area contributed by atoms with Crippen LogP contribution in [0.5, 0.6) is 0 Å². The number of hydrogen-bond acceptors (Lipinski definition) is 0. The first kappa shape index (κ1) is 14.8. The van der Waals surface area contributed by atoms with Gasteiger partial charge in [-0.3, -0.25) is 0 Å². The molecule has 4 aliphatic rings. The van der Waals surface area contributed by atoms with Gasteiger partial charge < -0.3 is 28.5 Å². The lowest BCUT2D eigenvalue weighted by Gasteiger charge is -2.57. The number of fused-ring (bicyclic) bond motifs is 1. The Bertz CT molecular complexity index is 339. The van der Waals surface area contributed by atoms with Crippen LogP contribution in [0.25, 0.3) is 0 Å². The van der Waals surface area contributed by atoms with E-state index < -0.39 is 0 Å². The van der Waals surface area contributed by atoms with Gasteiger partial charge in [-0.05, 0) is 54.9 Å². The van der Waals surface area contributed by atoms with Crippen LogP contribution in [0.1, 0.15) is 46.0 Å². The van der Waals surface area contributed by atoms with Crippen LogP contribution in [0.4, 0.5) is 0 Å². The number of allylic oxidation sites excluding steroid dienone is 1. The topological polar surface area (TPSA) is 0 Å². The van der Waals surface area contributed by atoms with Crippen LogP contribution >= 0.6 is 0 Å². The van der Waals surface area contributed by atoms with Crippen molar-refractivity contribution in [3.63, 3.8) is 0 Å². The van der Waals surface area contributed by atoms with Gasteiger partial charge in [-0.15, -0.1) is 0 Å². The second-order valence-electron chi connectivity index (χ2n) is 7.61. The summed E-state index contributed by atoms with van der Waals surface area (Å²) in [5, 5.41) is 0. The molecule has 1 aliphatic heterocycles. The van der Waals surface area contributed by atoms with Crippen LogP contribution in [-0.4, -0.2) is 31.2 Å². The van der Waals surface area contributed by atoms with Crippen LogP contribution in [-0.2, 0) is 0 Å². The fourth-order valence-electron chi connectivity index (χ4n) is 4.53. The lowest BCUT2D eigenvalue weighted by molar-refractivity contribution is -0.910. The summed E-state index contributed by atoms with van der Waals surface area (Å²) < 4.78 is 1.32. The number of rotatable bonds is 2. The van der Waals surface area contributed by atoms with Crippen LogP contribution in [0.2, 0.25) is 0 Å². The molecule has 1 heterocycles. The monoisotopic (exact) mass is 361 g/mol. The van der Waals surface area contributed by atoms with E-state index in [9.17, 15) is 0 Å². The highest BCUT2D eigenvalue weighted by atomic mass is 127. The van der Waals surface area contributed by atoms with Crippen LogP contribution in [0, 0.1) is 17.3 Å². The average molecular weight is 361 g/mol. The number of likely N-dealkylation sites (N-methyl/N-ethyl adjacent to an activating group) is 1. The lowest BCUT2D eigenvalue weighted by atomic mass is 9.49. The number of likely N-dealkylation sites (tertiary alicyclic amines) is 1. The van der Waals surface area contributed by atoms with Crippen LogP contribution < -0.4 is 24.0 Å². The van der Waals surface area contributed by atoms with E-state index in [1.54, 1.807) is 0 Å². The lowest BCUT2D eigenvalue weighted by Crippen LogP contribution is -3.00. The van der Waals surface area contributed by atoms with Crippen molar-refractivity contribution in [1.29, 1.82) is 0 Å². The van der Waals surface area contributed by atoms with E-state index in [1.807, 2.05) is 5.57 Å². The molecule has 4 rings (SSSR count). The van der Waals surface area contributed by atoms with Crippen molar-refractivity contribution < 1.29 is 28.5 Å². The summed E-state index contributed by atoms with van der Waals surface area (Å²) in [5.74, 6) is 1.90. The molecule has 2 fully saturated rings. The smallest absolute Gasteiger partial charge is 0.100 e. The number of piperidine rings is 1. The molecule has 2 unspecified atom stereocenters. The molecule has 0 aromatic heterocycles. The molecule has 0 spiro atoms. The summed E-state index contributed by atoms with van der Waals surface area (Å²) >= 11 is 0. The molecule has 3 aliphatic carbocycles. The Balaban J connectivity index is 0.00000120. The summed E-state index contributed by atoms with van der Waals surface area (Å²) in [7, 11) is 2.48. The fourth-order valence-corrected chi connectivity index (χ4v) is 4.53. The average Bonchev–Trinajstić information content (AvgIpc) is 2.29. The van der Waals surface area contributed by atoms with E-state index in [4.69, 9.17) is 0 Å². The highest BCUT2D eigenvalue weighted by Gasteiger charge is 2.52. The first-order chi connectivity index (χ1) is 8.01. The summed E-state index contributed by atoms with van der Waals surface area (Å²) in [5.41, 5.74) is 2.42. The van der Waals surface area contributed by atoms with Gasteiger partial charge in [0.2, 0.25) is 0 Å². The van der Waals surface area contributed by atoms with Crippen molar-refractivity contribution in [2.45, 2.75) is 46.0 Å².